The quantitative estimate of drug-likeness (QED) is 0.635. The lowest BCUT2D eigenvalue weighted by atomic mass is 10.1. The number of nitrogens with one attached hydrogen (secondary N) is 2. The molecule has 3 aromatic rings. The van der Waals surface area contributed by atoms with Gasteiger partial charge in [-0.3, -0.25) is 0 Å². The van der Waals surface area contributed by atoms with E-state index < -0.39 is 0 Å². The van der Waals surface area contributed by atoms with Crippen molar-refractivity contribution < 1.29 is 4.74 Å². The molecule has 5 heteroatoms. The minimum absolute atomic E-state index is 0.179. The lowest BCUT2D eigenvalue weighted by Gasteiger charge is -2.15. The van der Waals surface area contributed by atoms with Gasteiger partial charge in [-0.15, -0.1) is 0 Å². The first-order chi connectivity index (χ1) is 12.7. The van der Waals surface area contributed by atoms with Gasteiger partial charge in [0, 0.05) is 18.8 Å². The number of anilines is 2. The lowest BCUT2D eigenvalue weighted by Crippen LogP contribution is -2.11. The number of ether oxygens (including phenoxy) is 1. The third-order valence-electron chi connectivity index (χ3n) is 4.18. The number of nitrogens with zero attached hydrogens (tertiary/aromatic N) is 2. The Morgan fingerprint density at radius 2 is 1.77 bits per heavy atom. The number of aromatic nitrogens is 2. The smallest absolute Gasteiger partial charge is 0.224 e. The van der Waals surface area contributed by atoms with Crippen molar-refractivity contribution in [1.29, 1.82) is 0 Å². The summed E-state index contributed by atoms with van der Waals surface area (Å²) >= 11 is 0. The van der Waals surface area contributed by atoms with Crippen molar-refractivity contribution in [2.45, 2.75) is 19.4 Å². The van der Waals surface area contributed by atoms with Crippen LogP contribution < -0.4 is 15.4 Å². The first kappa shape index (κ1) is 17.7. The molecular weight excluding hydrogens is 324 g/mol. The van der Waals surface area contributed by atoms with E-state index in [0.717, 1.165) is 24.5 Å². The molecule has 3 rings (SSSR count). The van der Waals surface area contributed by atoms with Gasteiger partial charge in [0.25, 0.3) is 0 Å². The van der Waals surface area contributed by atoms with Crippen LogP contribution in [0.25, 0.3) is 0 Å². The second-order valence-corrected chi connectivity index (χ2v) is 6.07. The third-order valence-corrected chi connectivity index (χ3v) is 4.18. The monoisotopic (exact) mass is 348 g/mol. The Hall–Kier alpha value is -3.08. The first-order valence-corrected chi connectivity index (χ1v) is 8.76. The van der Waals surface area contributed by atoms with Crippen LogP contribution in [0, 0.1) is 0 Å². The van der Waals surface area contributed by atoms with E-state index in [1.54, 1.807) is 13.3 Å². The number of rotatable bonds is 8. The van der Waals surface area contributed by atoms with E-state index in [9.17, 15) is 0 Å². The molecule has 1 unspecified atom stereocenters. The molecule has 0 radical (unpaired) electrons. The number of hydrogen-bond donors (Lipinski definition) is 2. The van der Waals surface area contributed by atoms with Crippen molar-refractivity contribution in [3.63, 3.8) is 0 Å². The highest BCUT2D eigenvalue weighted by Gasteiger charge is 2.06. The molecule has 1 aromatic heterocycles. The maximum Gasteiger partial charge on any atom is 0.224 e. The van der Waals surface area contributed by atoms with Gasteiger partial charge in [0.1, 0.15) is 11.6 Å². The van der Waals surface area contributed by atoms with E-state index in [1.807, 2.05) is 36.4 Å². The number of methoxy groups -OCH3 is 1. The number of hydrogen-bond acceptors (Lipinski definition) is 5. The summed E-state index contributed by atoms with van der Waals surface area (Å²) < 4.78 is 5.18. The molecule has 0 fully saturated rings. The van der Waals surface area contributed by atoms with Gasteiger partial charge in [0.15, 0.2) is 0 Å². The molecule has 1 heterocycles. The van der Waals surface area contributed by atoms with Crippen LogP contribution in [0.5, 0.6) is 5.75 Å². The normalized spacial score (nSPS) is 11.6. The minimum Gasteiger partial charge on any atom is -0.497 e. The topological polar surface area (TPSA) is 59.1 Å². The second-order valence-electron chi connectivity index (χ2n) is 6.07. The Balaban J connectivity index is 1.53. The number of benzene rings is 2. The van der Waals surface area contributed by atoms with Crippen LogP contribution >= 0.6 is 0 Å². The molecule has 0 saturated heterocycles. The average molecular weight is 348 g/mol. The highest BCUT2D eigenvalue weighted by atomic mass is 16.5. The van der Waals surface area contributed by atoms with E-state index in [2.05, 4.69) is 51.8 Å². The Labute approximate surface area is 154 Å². The van der Waals surface area contributed by atoms with Gasteiger partial charge >= 0.3 is 0 Å². The molecule has 0 amide bonds. The van der Waals surface area contributed by atoms with Crippen molar-refractivity contribution >= 4 is 11.8 Å². The van der Waals surface area contributed by atoms with Gasteiger partial charge < -0.3 is 15.4 Å². The third kappa shape index (κ3) is 4.96. The summed E-state index contributed by atoms with van der Waals surface area (Å²) in [6, 6.07) is 20.5. The fraction of sp³-hybridized carbons (Fsp3) is 0.238. The van der Waals surface area contributed by atoms with Crippen LogP contribution in [-0.4, -0.2) is 23.6 Å². The summed E-state index contributed by atoms with van der Waals surface area (Å²) in [7, 11) is 1.67. The zero-order valence-corrected chi connectivity index (χ0v) is 15.1. The van der Waals surface area contributed by atoms with E-state index in [-0.39, 0.29) is 6.04 Å². The molecular formula is C21H24N4O. The zero-order chi connectivity index (χ0) is 18.2. The van der Waals surface area contributed by atoms with Crippen LogP contribution in [0.2, 0.25) is 0 Å². The largest absolute Gasteiger partial charge is 0.497 e. The van der Waals surface area contributed by atoms with Crippen LogP contribution in [-0.2, 0) is 6.42 Å². The van der Waals surface area contributed by atoms with Gasteiger partial charge in [0.05, 0.1) is 7.11 Å². The van der Waals surface area contributed by atoms with Gasteiger partial charge in [-0.05, 0) is 42.7 Å². The molecule has 5 nitrogen and oxygen atoms in total. The summed E-state index contributed by atoms with van der Waals surface area (Å²) in [4.78, 5) is 8.84. The molecule has 0 aliphatic heterocycles. The van der Waals surface area contributed by atoms with Crippen molar-refractivity contribution in [1.82, 2.24) is 9.97 Å². The van der Waals surface area contributed by atoms with Crippen LogP contribution in [0.3, 0.4) is 0 Å². The van der Waals surface area contributed by atoms with Crippen molar-refractivity contribution in [2.75, 3.05) is 24.3 Å². The Morgan fingerprint density at radius 1 is 1.00 bits per heavy atom. The van der Waals surface area contributed by atoms with E-state index in [0.29, 0.717) is 5.95 Å². The minimum atomic E-state index is 0.179. The van der Waals surface area contributed by atoms with Crippen LogP contribution in [0.1, 0.15) is 24.1 Å². The van der Waals surface area contributed by atoms with Crippen molar-refractivity contribution in [3.05, 3.63) is 78.0 Å². The molecule has 1 atom stereocenters. The Kier molecular flexibility index (Phi) is 6.04. The highest BCUT2D eigenvalue weighted by Crippen LogP contribution is 2.18. The van der Waals surface area contributed by atoms with Crippen LogP contribution in [0.15, 0.2) is 66.9 Å². The molecule has 26 heavy (non-hydrogen) atoms. The predicted octanol–water partition coefficient (Wildman–Crippen LogP) is 4.31. The standard InChI is InChI=1S/C21H24N4O/c1-16(18-6-4-3-5-7-18)24-20-13-15-23-21(25-20)22-14-12-17-8-10-19(26-2)11-9-17/h3-11,13,15-16H,12,14H2,1-2H3,(H2,22,23,24,25). The molecule has 0 spiro atoms. The first-order valence-electron chi connectivity index (χ1n) is 8.76. The van der Waals surface area contributed by atoms with E-state index in [4.69, 9.17) is 4.74 Å². The van der Waals surface area contributed by atoms with Gasteiger partial charge in [0.2, 0.25) is 5.95 Å². The van der Waals surface area contributed by atoms with Crippen molar-refractivity contribution in [3.8, 4) is 5.75 Å². The maximum absolute atomic E-state index is 5.18. The Bertz CT molecular complexity index is 806. The molecule has 0 saturated carbocycles. The summed E-state index contributed by atoms with van der Waals surface area (Å²) in [5.74, 6) is 2.31. The summed E-state index contributed by atoms with van der Waals surface area (Å²) in [6.45, 7) is 2.89. The van der Waals surface area contributed by atoms with Gasteiger partial charge in [-0.25, -0.2) is 4.98 Å². The second kappa shape index (κ2) is 8.85. The maximum atomic E-state index is 5.18. The Morgan fingerprint density at radius 3 is 2.50 bits per heavy atom. The van der Waals surface area contributed by atoms with Gasteiger partial charge in [-0.1, -0.05) is 42.5 Å². The fourth-order valence-electron chi connectivity index (χ4n) is 2.68. The zero-order valence-electron chi connectivity index (χ0n) is 15.1. The SMILES string of the molecule is COc1ccc(CCNc2nccc(NC(C)c3ccccc3)n2)cc1. The summed E-state index contributed by atoms with van der Waals surface area (Å²) in [5, 5.41) is 6.70. The van der Waals surface area contributed by atoms with Gasteiger partial charge in [-0.2, -0.15) is 4.98 Å². The van der Waals surface area contributed by atoms with E-state index >= 15 is 0 Å². The van der Waals surface area contributed by atoms with E-state index in [1.165, 1.54) is 11.1 Å². The average Bonchev–Trinajstić information content (AvgIpc) is 2.69. The molecule has 2 N–H and O–H groups in total. The molecule has 134 valence electrons. The fourth-order valence-corrected chi connectivity index (χ4v) is 2.68. The highest BCUT2D eigenvalue weighted by molar-refractivity contribution is 5.42. The lowest BCUT2D eigenvalue weighted by molar-refractivity contribution is 0.414. The molecule has 0 aliphatic rings. The molecule has 0 aliphatic carbocycles. The molecule has 2 aromatic carbocycles. The predicted molar refractivity (Wildman–Crippen MR) is 106 cm³/mol. The summed E-state index contributed by atoms with van der Waals surface area (Å²) in [5.41, 5.74) is 2.46. The molecule has 0 bridgehead atoms. The van der Waals surface area contributed by atoms with Crippen molar-refractivity contribution in [2.24, 2.45) is 0 Å². The van der Waals surface area contributed by atoms with Crippen LogP contribution in [0.4, 0.5) is 11.8 Å². The summed E-state index contributed by atoms with van der Waals surface area (Å²) in [6.07, 6.45) is 2.66.